The van der Waals surface area contributed by atoms with Crippen LogP contribution in [0, 0.1) is 0 Å². The van der Waals surface area contributed by atoms with E-state index in [1.807, 2.05) is 0 Å². The van der Waals surface area contributed by atoms with Gasteiger partial charge in [-0.25, -0.2) is 0 Å². The van der Waals surface area contributed by atoms with Gasteiger partial charge in [-0.2, -0.15) is 0 Å². The van der Waals surface area contributed by atoms with E-state index in [-0.39, 0.29) is 0 Å². The molecule has 0 heterocycles. The van der Waals surface area contributed by atoms with E-state index in [1.165, 1.54) is 24.1 Å². The van der Waals surface area contributed by atoms with Gasteiger partial charge in [-0.1, -0.05) is 26.3 Å². The van der Waals surface area contributed by atoms with Crippen molar-refractivity contribution in [1.82, 2.24) is 0 Å². The second-order valence-electron chi connectivity index (χ2n) is 4.79. The Morgan fingerprint density at radius 3 is 2.56 bits per heavy atom. The summed E-state index contributed by atoms with van der Waals surface area (Å²) in [5.74, 6) is 0. The zero-order valence-electron chi connectivity index (χ0n) is 11.7. The highest BCUT2D eigenvalue weighted by molar-refractivity contribution is 9.10. The van der Waals surface area contributed by atoms with Crippen LogP contribution in [0.3, 0.4) is 0 Å². The fourth-order valence-electron chi connectivity index (χ4n) is 2.04. The maximum atomic E-state index is 5.68. The molecule has 0 radical (unpaired) electrons. The summed E-state index contributed by atoms with van der Waals surface area (Å²) in [4.78, 5) is 2.49. The minimum atomic E-state index is 0.566. The third-order valence-corrected chi connectivity index (χ3v) is 4.07. The monoisotopic (exact) mass is 312 g/mol. The van der Waals surface area contributed by atoms with E-state index in [1.54, 1.807) is 0 Å². The van der Waals surface area contributed by atoms with Crippen LogP contribution in [-0.2, 0) is 6.54 Å². The highest BCUT2D eigenvalue weighted by Crippen LogP contribution is 2.29. The fourth-order valence-corrected chi connectivity index (χ4v) is 2.69. The summed E-state index contributed by atoms with van der Waals surface area (Å²) in [5, 5.41) is 0. The molecule has 1 atom stereocenters. The van der Waals surface area contributed by atoms with E-state index in [4.69, 9.17) is 5.73 Å². The maximum absolute atomic E-state index is 5.68. The van der Waals surface area contributed by atoms with E-state index >= 15 is 0 Å². The van der Waals surface area contributed by atoms with E-state index in [0.29, 0.717) is 12.6 Å². The van der Waals surface area contributed by atoms with Crippen molar-refractivity contribution in [2.45, 2.75) is 52.6 Å². The third-order valence-electron chi connectivity index (χ3n) is 3.43. The molecule has 2 nitrogen and oxygen atoms in total. The lowest BCUT2D eigenvalue weighted by Crippen LogP contribution is -2.33. The Labute approximate surface area is 120 Å². The van der Waals surface area contributed by atoms with Gasteiger partial charge in [0.25, 0.3) is 0 Å². The predicted octanol–water partition coefficient (Wildman–Crippen LogP) is 4.31. The Hall–Kier alpha value is -0.540. The van der Waals surface area contributed by atoms with E-state index < -0.39 is 0 Å². The van der Waals surface area contributed by atoms with Gasteiger partial charge in [-0.05, 0) is 53.4 Å². The summed E-state index contributed by atoms with van der Waals surface area (Å²) in [7, 11) is 0. The number of rotatable bonds is 7. The van der Waals surface area contributed by atoms with Crippen LogP contribution in [0.15, 0.2) is 22.7 Å². The van der Waals surface area contributed by atoms with Crippen molar-refractivity contribution in [3.8, 4) is 0 Å². The minimum absolute atomic E-state index is 0.566. The SMILES string of the molecule is CCCCN(c1ccc(CN)cc1Br)C(C)CC. The van der Waals surface area contributed by atoms with Gasteiger partial charge in [0.1, 0.15) is 0 Å². The molecule has 0 spiro atoms. The molecule has 0 fully saturated rings. The lowest BCUT2D eigenvalue weighted by Gasteiger charge is -2.32. The molecular formula is C15H25BrN2. The Balaban J connectivity index is 2.96. The molecule has 0 aromatic heterocycles. The normalized spacial score (nSPS) is 12.5. The number of halogens is 1. The van der Waals surface area contributed by atoms with E-state index in [2.05, 4.69) is 59.8 Å². The van der Waals surface area contributed by atoms with Gasteiger partial charge in [-0.3, -0.25) is 0 Å². The Morgan fingerprint density at radius 2 is 2.06 bits per heavy atom. The molecule has 1 aromatic carbocycles. The number of hydrogen-bond donors (Lipinski definition) is 1. The summed E-state index contributed by atoms with van der Waals surface area (Å²) < 4.78 is 1.15. The van der Waals surface area contributed by atoms with Gasteiger partial charge in [-0.15, -0.1) is 0 Å². The summed E-state index contributed by atoms with van der Waals surface area (Å²) in [6.07, 6.45) is 3.62. The molecule has 18 heavy (non-hydrogen) atoms. The third kappa shape index (κ3) is 3.99. The zero-order chi connectivity index (χ0) is 13.5. The number of unbranched alkanes of at least 4 members (excludes halogenated alkanes) is 1. The van der Waals surface area contributed by atoms with Gasteiger partial charge in [0.05, 0.1) is 5.69 Å². The fraction of sp³-hybridized carbons (Fsp3) is 0.600. The zero-order valence-corrected chi connectivity index (χ0v) is 13.3. The first kappa shape index (κ1) is 15.5. The second-order valence-corrected chi connectivity index (χ2v) is 5.65. The lowest BCUT2D eigenvalue weighted by atomic mass is 10.1. The smallest absolute Gasteiger partial charge is 0.0513 e. The summed E-state index contributed by atoms with van der Waals surface area (Å²) in [6, 6.07) is 7.02. The summed E-state index contributed by atoms with van der Waals surface area (Å²) >= 11 is 3.68. The van der Waals surface area contributed by atoms with Gasteiger partial charge < -0.3 is 10.6 Å². The van der Waals surface area contributed by atoms with Crippen molar-refractivity contribution >= 4 is 21.6 Å². The average Bonchev–Trinajstić information content (AvgIpc) is 2.39. The molecule has 1 aromatic rings. The lowest BCUT2D eigenvalue weighted by molar-refractivity contribution is 0.595. The predicted molar refractivity (Wildman–Crippen MR) is 84.0 cm³/mol. The first-order chi connectivity index (χ1) is 8.63. The molecule has 0 aliphatic rings. The van der Waals surface area contributed by atoms with Crippen LogP contribution < -0.4 is 10.6 Å². The van der Waals surface area contributed by atoms with Crippen LogP contribution in [0.4, 0.5) is 5.69 Å². The van der Waals surface area contributed by atoms with Crippen molar-refractivity contribution in [3.63, 3.8) is 0 Å². The van der Waals surface area contributed by atoms with Crippen LogP contribution in [0.25, 0.3) is 0 Å². The number of benzene rings is 1. The first-order valence-corrected chi connectivity index (χ1v) is 7.68. The molecule has 102 valence electrons. The molecule has 0 bridgehead atoms. The molecule has 0 saturated heterocycles. The molecule has 3 heteroatoms. The van der Waals surface area contributed by atoms with Crippen molar-refractivity contribution in [2.24, 2.45) is 5.73 Å². The van der Waals surface area contributed by atoms with Crippen LogP contribution in [-0.4, -0.2) is 12.6 Å². The van der Waals surface area contributed by atoms with Crippen molar-refractivity contribution in [2.75, 3.05) is 11.4 Å². The minimum Gasteiger partial charge on any atom is -0.368 e. The topological polar surface area (TPSA) is 29.3 Å². The first-order valence-electron chi connectivity index (χ1n) is 6.89. The Morgan fingerprint density at radius 1 is 1.33 bits per heavy atom. The number of nitrogens with two attached hydrogens (primary N) is 1. The Bertz CT molecular complexity index is 366. The van der Waals surface area contributed by atoms with Gasteiger partial charge in [0.2, 0.25) is 0 Å². The molecule has 0 aliphatic carbocycles. The summed E-state index contributed by atoms with van der Waals surface area (Å²) in [5.41, 5.74) is 8.14. The highest BCUT2D eigenvalue weighted by Gasteiger charge is 2.15. The van der Waals surface area contributed by atoms with Crippen LogP contribution in [0.1, 0.15) is 45.6 Å². The maximum Gasteiger partial charge on any atom is 0.0513 e. The number of hydrogen-bond acceptors (Lipinski definition) is 2. The highest BCUT2D eigenvalue weighted by atomic mass is 79.9. The molecule has 0 aliphatic heterocycles. The van der Waals surface area contributed by atoms with Crippen molar-refractivity contribution in [1.29, 1.82) is 0 Å². The van der Waals surface area contributed by atoms with Crippen molar-refractivity contribution in [3.05, 3.63) is 28.2 Å². The van der Waals surface area contributed by atoms with Crippen LogP contribution in [0.2, 0.25) is 0 Å². The quantitative estimate of drug-likeness (QED) is 0.812. The molecule has 1 rings (SSSR count). The number of anilines is 1. The van der Waals surface area contributed by atoms with Crippen LogP contribution in [0.5, 0.6) is 0 Å². The molecule has 1 unspecified atom stereocenters. The van der Waals surface area contributed by atoms with E-state index in [9.17, 15) is 0 Å². The molecule has 0 saturated carbocycles. The standard InChI is InChI=1S/C15H25BrN2/c1-4-6-9-18(12(3)5-2)15-8-7-13(11-17)10-14(15)16/h7-8,10,12H,4-6,9,11,17H2,1-3H3. The largest absolute Gasteiger partial charge is 0.368 e. The number of nitrogens with zero attached hydrogens (tertiary/aromatic N) is 1. The Kier molecular flexibility index (Phi) is 6.72. The molecule has 0 amide bonds. The van der Waals surface area contributed by atoms with Crippen LogP contribution >= 0.6 is 15.9 Å². The molecule has 2 N–H and O–H groups in total. The average molecular weight is 313 g/mol. The van der Waals surface area contributed by atoms with Gasteiger partial charge >= 0.3 is 0 Å². The van der Waals surface area contributed by atoms with E-state index in [0.717, 1.165) is 17.4 Å². The van der Waals surface area contributed by atoms with Gasteiger partial charge in [0.15, 0.2) is 0 Å². The summed E-state index contributed by atoms with van der Waals surface area (Å²) in [6.45, 7) is 8.48. The van der Waals surface area contributed by atoms with Crippen molar-refractivity contribution < 1.29 is 0 Å². The molecular weight excluding hydrogens is 288 g/mol. The second kappa shape index (κ2) is 7.80. The van der Waals surface area contributed by atoms with Gasteiger partial charge in [0, 0.05) is 23.6 Å².